The Morgan fingerprint density at radius 1 is 1.33 bits per heavy atom. The van der Waals surface area contributed by atoms with Gasteiger partial charge in [0, 0.05) is 0 Å². The van der Waals surface area contributed by atoms with Crippen LogP contribution in [0.15, 0.2) is 0 Å². The zero-order valence-corrected chi connectivity index (χ0v) is 7.95. The van der Waals surface area contributed by atoms with Gasteiger partial charge in [-0.15, -0.1) is 0 Å². The van der Waals surface area contributed by atoms with Gasteiger partial charge in [0.05, 0.1) is 24.9 Å². The quantitative estimate of drug-likeness (QED) is 0.644. The minimum Gasteiger partial charge on any atom is -0.376 e. The van der Waals surface area contributed by atoms with Crippen LogP contribution in [0.25, 0.3) is 0 Å². The molecule has 12 heavy (non-hydrogen) atoms. The van der Waals surface area contributed by atoms with Gasteiger partial charge in [0.1, 0.15) is 0 Å². The summed E-state index contributed by atoms with van der Waals surface area (Å²) in [7, 11) is 0. The molecule has 0 aromatic rings. The number of rotatable bonds is 3. The molecule has 2 fully saturated rings. The summed E-state index contributed by atoms with van der Waals surface area (Å²) in [4.78, 5) is 0. The maximum atomic E-state index is 5.73. The summed E-state index contributed by atoms with van der Waals surface area (Å²) >= 11 is 0. The smallest absolute Gasteiger partial charge is 0.0838 e. The van der Waals surface area contributed by atoms with Crippen LogP contribution < -0.4 is 0 Å². The molecule has 2 aliphatic rings. The fraction of sp³-hybridized carbons (Fsp3) is 1.00. The van der Waals surface area contributed by atoms with Crippen molar-refractivity contribution in [1.82, 2.24) is 0 Å². The third-order valence-corrected chi connectivity index (χ3v) is 2.77. The Morgan fingerprint density at radius 2 is 2.08 bits per heavy atom. The molecule has 0 aromatic heterocycles. The van der Waals surface area contributed by atoms with Crippen LogP contribution in [-0.4, -0.2) is 24.9 Å². The molecular formula is C10H18O2. The first-order chi connectivity index (χ1) is 5.75. The summed E-state index contributed by atoms with van der Waals surface area (Å²) < 4.78 is 11.4. The van der Waals surface area contributed by atoms with Gasteiger partial charge < -0.3 is 9.47 Å². The van der Waals surface area contributed by atoms with E-state index in [2.05, 4.69) is 13.8 Å². The van der Waals surface area contributed by atoms with Crippen molar-refractivity contribution >= 4 is 0 Å². The van der Waals surface area contributed by atoms with Gasteiger partial charge in [0.2, 0.25) is 0 Å². The van der Waals surface area contributed by atoms with Gasteiger partial charge in [-0.2, -0.15) is 0 Å². The minimum atomic E-state index is 0.362. The van der Waals surface area contributed by atoms with E-state index in [-0.39, 0.29) is 0 Å². The molecule has 2 nitrogen and oxygen atoms in total. The fourth-order valence-electron chi connectivity index (χ4n) is 1.83. The third kappa shape index (κ3) is 1.99. The van der Waals surface area contributed by atoms with Crippen molar-refractivity contribution in [2.75, 3.05) is 6.61 Å². The molecule has 70 valence electrons. The lowest BCUT2D eigenvalue weighted by Crippen LogP contribution is -2.21. The van der Waals surface area contributed by atoms with Gasteiger partial charge in [-0.05, 0) is 32.1 Å². The molecule has 1 saturated carbocycles. The van der Waals surface area contributed by atoms with Crippen molar-refractivity contribution in [3.8, 4) is 0 Å². The van der Waals surface area contributed by atoms with Crippen LogP contribution in [0.3, 0.4) is 0 Å². The maximum absolute atomic E-state index is 5.73. The lowest BCUT2D eigenvalue weighted by atomic mass is 10.0. The lowest BCUT2D eigenvalue weighted by molar-refractivity contribution is -0.0243. The third-order valence-electron chi connectivity index (χ3n) is 2.77. The Bertz CT molecular complexity index is 154. The first-order valence-electron chi connectivity index (χ1n) is 5.03. The van der Waals surface area contributed by atoms with Crippen LogP contribution in [0.4, 0.5) is 0 Å². The average molecular weight is 170 g/mol. The van der Waals surface area contributed by atoms with Crippen LogP contribution in [0, 0.1) is 5.92 Å². The van der Waals surface area contributed by atoms with Gasteiger partial charge in [-0.25, -0.2) is 0 Å². The Balaban J connectivity index is 1.71. The summed E-state index contributed by atoms with van der Waals surface area (Å²) in [6.45, 7) is 5.22. The van der Waals surface area contributed by atoms with E-state index in [1.807, 2.05) is 0 Å². The second-order valence-corrected chi connectivity index (χ2v) is 4.23. The maximum Gasteiger partial charge on any atom is 0.0838 e. The second-order valence-electron chi connectivity index (χ2n) is 4.23. The minimum absolute atomic E-state index is 0.362. The van der Waals surface area contributed by atoms with E-state index in [4.69, 9.17) is 9.47 Å². The van der Waals surface area contributed by atoms with E-state index in [0.717, 1.165) is 6.61 Å². The van der Waals surface area contributed by atoms with E-state index in [9.17, 15) is 0 Å². The molecule has 3 atom stereocenters. The van der Waals surface area contributed by atoms with Crippen LogP contribution in [-0.2, 0) is 9.47 Å². The van der Waals surface area contributed by atoms with Crippen LogP contribution in [0.2, 0.25) is 0 Å². The molecule has 0 amide bonds. The molecule has 1 saturated heterocycles. The summed E-state index contributed by atoms with van der Waals surface area (Å²) in [5.41, 5.74) is 0. The van der Waals surface area contributed by atoms with E-state index in [0.29, 0.717) is 24.2 Å². The SMILES string of the molecule is C[C@H]1C[C@H](C)[C@@H](COC2CC2)O1. The van der Waals surface area contributed by atoms with Crippen molar-refractivity contribution < 1.29 is 9.47 Å². The van der Waals surface area contributed by atoms with Crippen LogP contribution in [0.5, 0.6) is 0 Å². The van der Waals surface area contributed by atoms with Crippen molar-refractivity contribution in [2.45, 2.75) is 51.4 Å². The highest BCUT2D eigenvalue weighted by Crippen LogP contribution is 2.29. The van der Waals surface area contributed by atoms with E-state index in [1.54, 1.807) is 0 Å². The topological polar surface area (TPSA) is 18.5 Å². The van der Waals surface area contributed by atoms with Crippen molar-refractivity contribution in [3.63, 3.8) is 0 Å². The molecule has 1 aliphatic heterocycles. The van der Waals surface area contributed by atoms with Gasteiger partial charge in [0.15, 0.2) is 0 Å². The molecule has 0 spiro atoms. The first-order valence-corrected chi connectivity index (χ1v) is 5.03. The Morgan fingerprint density at radius 3 is 2.58 bits per heavy atom. The molecule has 2 rings (SSSR count). The number of ether oxygens (including phenoxy) is 2. The second kappa shape index (κ2) is 3.35. The fourth-order valence-corrected chi connectivity index (χ4v) is 1.83. The molecule has 1 heterocycles. The summed E-state index contributed by atoms with van der Waals surface area (Å²) in [5, 5.41) is 0. The zero-order valence-electron chi connectivity index (χ0n) is 7.95. The monoisotopic (exact) mass is 170 g/mol. The molecule has 0 unspecified atom stereocenters. The van der Waals surface area contributed by atoms with Crippen molar-refractivity contribution in [1.29, 1.82) is 0 Å². The molecule has 1 aliphatic carbocycles. The van der Waals surface area contributed by atoms with E-state index >= 15 is 0 Å². The normalized spacial score (nSPS) is 42.0. The highest BCUT2D eigenvalue weighted by atomic mass is 16.5. The standard InChI is InChI=1S/C10H18O2/c1-7-5-8(2)12-10(7)6-11-9-3-4-9/h7-10H,3-6H2,1-2H3/t7-,8-,10+/m0/s1. The molecule has 0 radical (unpaired) electrons. The molecule has 0 N–H and O–H groups in total. The zero-order chi connectivity index (χ0) is 8.55. The van der Waals surface area contributed by atoms with Gasteiger partial charge in [0.25, 0.3) is 0 Å². The predicted octanol–water partition coefficient (Wildman–Crippen LogP) is 1.98. The van der Waals surface area contributed by atoms with Gasteiger partial charge >= 0.3 is 0 Å². The van der Waals surface area contributed by atoms with Gasteiger partial charge in [-0.3, -0.25) is 0 Å². The molecule has 0 bridgehead atoms. The number of hydrogen-bond donors (Lipinski definition) is 0. The van der Waals surface area contributed by atoms with Crippen molar-refractivity contribution in [2.24, 2.45) is 5.92 Å². The highest BCUT2D eigenvalue weighted by Gasteiger charge is 2.31. The van der Waals surface area contributed by atoms with Crippen molar-refractivity contribution in [3.05, 3.63) is 0 Å². The highest BCUT2D eigenvalue weighted by molar-refractivity contribution is 4.79. The summed E-state index contributed by atoms with van der Waals surface area (Å²) in [6, 6.07) is 0. The molecular weight excluding hydrogens is 152 g/mol. The molecule has 0 aromatic carbocycles. The Labute approximate surface area is 74.2 Å². The average Bonchev–Trinajstić information content (AvgIpc) is 2.76. The largest absolute Gasteiger partial charge is 0.376 e. The van der Waals surface area contributed by atoms with Crippen LogP contribution in [0.1, 0.15) is 33.1 Å². The predicted molar refractivity (Wildman–Crippen MR) is 47.1 cm³/mol. The Hall–Kier alpha value is -0.0800. The molecule has 2 heteroatoms. The van der Waals surface area contributed by atoms with E-state index in [1.165, 1.54) is 19.3 Å². The Kier molecular flexibility index (Phi) is 2.37. The first kappa shape index (κ1) is 8.52. The van der Waals surface area contributed by atoms with Crippen LogP contribution >= 0.6 is 0 Å². The van der Waals surface area contributed by atoms with Gasteiger partial charge in [-0.1, -0.05) is 6.92 Å². The summed E-state index contributed by atoms with van der Waals surface area (Å²) in [5.74, 6) is 0.679. The number of hydrogen-bond acceptors (Lipinski definition) is 2. The lowest BCUT2D eigenvalue weighted by Gasteiger charge is -2.14. The van der Waals surface area contributed by atoms with E-state index < -0.39 is 0 Å². The summed E-state index contributed by atoms with van der Waals surface area (Å²) in [6.07, 6.45) is 5.08.